The van der Waals surface area contributed by atoms with Crippen LogP contribution in [0.15, 0.2) is 18.7 Å². The zero-order valence-electron chi connectivity index (χ0n) is 8.56. The van der Waals surface area contributed by atoms with Crippen LogP contribution in [-0.4, -0.2) is 41.8 Å². The lowest BCUT2D eigenvalue weighted by Gasteiger charge is -2.05. The third kappa shape index (κ3) is 5.14. The molecule has 1 aromatic heterocycles. The molecule has 0 bridgehead atoms. The molecule has 0 aromatic carbocycles. The first-order valence-corrected chi connectivity index (χ1v) is 4.83. The van der Waals surface area contributed by atoms with Gasteiger partial charge in [-0.2, -0.15) is 0 Å². The van der Waals surface area contributed by atoms with Gasteiger partial charge >= 0.3 is 0 Å². The van der Waals surface area contributed by atoms with Crippen molar-refractivity contribution in [3.05, 3.63) is 18.7 Å². The molecule has 0 atom stereocenters. The van der Waals surface area contributed by atoms with E-state index in [0.29, 0.717) is 26.2 Å². The average Bonchev–Trinajstić information content (AvgIpc) is 2.71. The van der Waals surface area contributed by atoms with Gasteiger partial charge in [0.15, 0.2) is 0 Å². The molecular formula is C9H16N4O2. The molecule has 0 saturated heterocycles. The first kappa shape index (κ1) is 11.7. The standard InChI is InChI=1S/C9H16N4O2/c10-1-6-15-7-9(14)12-3-5-13-4-2-11-8-13/h2,4,8H,1,3,5-7,10H2,(H,12,14). The molecule has 0 fully saturated rings. The lowest BCUT2D eigenvalue weighted by Crippen LogP contribution is -2.31. The van der Waals surface area contributed by atoms with Gasteiger partial charge in [0.05, 0.1) is 12.9 Å². The van der Waals surface area contributed by atoms with Gasteiger partial charge in [0, 0.05) is 32.0 Å². The highest BCUT2D eigenvalue weighted by Gasteiger charge is 1.99. The summed E-state index contributed by atoms with van der Waals surface area (Å²) in [6, 6.07) is 0. The van der Waals surface area contributed by atoms with Crippen LogP contribution in [0, 0.1) is 0 Å². The van der Waals surface area contributed by atoms with Crippen LogP contribution >= 0.6 is 0 Å². The maximum atomic E-state index is 11.1. The largest absolute Gasteiger partial charge is 0.370 e. The monoisotopic (exact) mass is 212 g/mol. The molecule has 0 unspecified atom stereocenters. The molecule has 1 amide bonds. The Labute approximate surface area is 88.4 Å². The van der Waals surface area contributed by atoms with E-state index >= 15 is 0 Å². The maximum Gasteiger partial charge on any atom is 0.246 e. The summed E-state index contributed by atoms with van der Waals surface area (Å²) in [4.78, 5) is 15.0. The summed E-state index contributed by atoms with van der Waals surface area (Å²) in [5, 5.41) is 2.73. The summed E-state index contributed by atoms with van der Waals surface area (Å²) < 4.78 is 6.87. The van der Waals surface area contributed by atoms with E-state index in [2.05, 4.69) is 10.3 Å². The molecule has 6 nitrogen and oxygen atoms in total. The topological polar surface area (TPSA) is 82.2 Å². The summed E-state index contributed by atoms with van der Waals surface area (Å²) in [6.45, 7) is 2.20. The molecule has 1 aromatic rings. The van der Waals surface area contributed by atoms with Gasteiger partial charge in [0.2, 0.25) is 5.91 Å². The molecule has 1 rings (SSSR count). The number of carbonyl (C=O) groups excluding carboxylic acids is 1. The highest BCUT2D eigenvalue weighted by Crippen LogP contribution is 1.83. The number of nitrogens with zero attached hydrogens (tertiary/aromatic N) is 2. The van der Waals surface area contributed by atoms with Gasteiger partial charge in [0.1, 0.15) is 6.61 Å². The smallest absolute Gasteiger partial charge is 0.246 e. The first-order chi connectivity index (χ1) is 7.33. The Morgan fingerprint density at radius 2 is 2.47 bits per heavy atom. The predicted molar refractivity (Wildman–Crippen MR) is 55.1 cm³/mol. The number of nitrogens with two attached hydrogens (primary N) is 1. The second kappa shape index (κ2) is 6.97. The second-order valence-electron chi connectivity index (χ2n) is 2.99. The van der Waals surface area contributed by atoms with E-state index in [1.807, 2.05) is 10.8 Å². The highest BCUT2D eigenvalue weighted by atomic mass is 16.5. The van der Waals surface area contributed by atoms with Gasteiger partial charge in [0.25, 0.3) is 0 Å². The number of hydrogen-bond acceptors (Lipinski definition) is 4. The molecule has 0 spiro atoms. The summed E-state index contributed by atoms with van der Waals surface area (Å²) >= 11 is 0. The fourth-order valence-electron chi connectivity index (χ4n) is 1.04. The van der Waals surface area contributed by atoms with Crippen molar-refractivity contribution < 1.29 is 9.53 Å². The summed E-state index contributed by atoms with van der Waals surface area (Å²) in [5.74, 6) is -0.122. The highest BCUT2D eigenvalue weighted by molar-refractivity contribution is 5.77. The number of ether oxygens (including phenoxy) is 1. The van der Waals surface area contributed by atoms with Gasteiger partial charge in [-0.05, 0) is 0 Å². The Morgan fingerprint density at radius 1 is 1.60 bits per heavy atom. The quantitative estimate of drug-likeness (QED) is 0.566. The van der Waals surface area contributed by atoms with E-state index in [1.54, 1.807) is 12.5 Å². The Kier molecular flexibility index (Phi) is 5.42. The fraction of sp³-hybridized carbons (Fsp3) is 0.556. The van der Waals surface area contributed by atoms with Crippen LogP contribution < -0.4 is 11.1 Å². The van der Waals surface area contributed by atoms with Crippen molar-refractivity contribution in [3.63, 3.8) is 0 Å². The number of rotatable bonds is 7. The number of amides is 1. The third-order valence-corrected chi connectivity index (χ3v) is 1.75. The number of imidazole rings is 1. The molecule has 6 heteroatoms. The number of nitrogens with one attached hydrogen (secondary N) is 1. The Morgan fingerprint density at radius 3 is 3.13 bits per heavy atom. The van der Waals surface area contributed by atoms with Gasteiger partial charge in [-0.15, -0.1) is 0 Å². The Bertz CT molecular complexity index is 274. The zero-order chi connectivity index (χ0) is 10.9. The summed E-state index contributed by atoms with van der Waals surface area (Å²) in [5.41, 5.74) is 5.21. The number of hydrogen-bond donors (Lipinski definition) is 2. The second-order valence-corrected chi connectivity index (χ2v) is 2.99. The fourth-order valence-corrected chi connectivity index (χ4v) is 1.04. The molecule has 0 aliphatic carbocycles. The number of aromatic nitrogens is 2. The molecule has 1 heterocycles. The van der Waals surface area contributed by atoms with Crippen LogP contribution in [0.1, 0.15) is 0 Å². The summed E-state index contributed by atoms with van der Waals surface area (Å²) in [7, 11) is 0. The molecule has 0 saturated carbocycles. The minimum atomic E-state index is -0.122. The third-order valence-electron chi connectivity index (χ3n) is 1.75. The van der Waals surface area contributed by atoms with E-state index in [9.17, 15) is 4.79 Å². The van der Waals surface area contributed by atoms with Crippen molar-refractivity contribution in [2.45, 2.75) is 6.54 Å². The molecule has 0 radical (unpaired) electrons. The van der Waals surface area contributed by atoms with Crippen molar-refractivity contribution in [1.29, 1.82) is 0 Å². The minimum Gasteiger partial charge on any atom is -0.370 e. The maximum absolute atomic E-state index is 11.1. The van der Waals surface area contributed by atoms with Crippen LogP contribution in [-0.2, 0) is 16.1 Å². The Hall–Kier alpha value is -1.40. The Balaban J connectivity index is 2.02. The molecule has 3 N–H and O–H groups in total. The van der Waals surface area contributed by atoms with Crippen LogP contribution in [0.5, 0.6) is 0 Å². The van der Waals surface area contributed by atoms with Crippen molar-refractivity contribution in [2.75, 3.05) is 26.3 Å². The van der Waals surface area contributed by atoms with Crippen molar-refractivity contribution in [1.82, 2.24) is 14.9 Å². The molecular weight excluding hydrogens is 196 g/mol. The van der Waals surface area contributed by atoms with Crippen molar-refractivity contribution in [3.8, 4) is 0 Å². The van der Waals surface area contributed by atoms with Crippen LogP contribution in [0.2, 0.25) is 0 Å². The van der Waals surface area contributed by atoms with Gasteiger partial charge in [-0.25, -0.2) is 4.98 Å². The van der Waals surface area contributed by atoms with E-state index in [4.69, 9.17) is 10.5 Å². The first-order valence-electron chi connectivity index (χ1n) is 4.83. The van der Waals surface area contributed by atoms with E-state index < -0.39 is 0 Å². The van der Waals surface area contributed by atoms with Gasteiger partial charge in [-0.3, -0.25) is 4.79 Å². The molecule has 15 heavy (non-hydrogen) atoms. The van der Waals surface area contributed by atoms with Gasteiger partial charge < -0.3 is 20.4 Å². The van der Waals surface area contributed by atoms with Gasteiger partial charge in [-0.1, -0.05) is 0 Å². The van der Waals surface area contributed by atoms with E-state index in [1.165, 1.54) is 0 Å². The lowest BCUT2D eigenvalue weighted by molar-refractivity contribution is -0.125. The SMILES string of the molecule is NCCOCC(=O)NCCn1ccnc1. The average molecular weight is 212 g/mol. The van der Waals surface area contributed by atoms with E-state index in [0.717, 1.165) is 0 Å². The van der Waals surface area contributed by atoms with Crippen molar-refractivity contribution >= 4 is 5.91 Å². The normalized spacial score (nSPS) is 10.2. The van der Waals surface area contributed by atoms with Crippen LogP contribution in [0.3, 0.4) is 0 Å². The predicted octanol–water partition coefficient (Wildman–Crippen LogP) is -1.03. The van der Waals surface area contributed by atoms with Crippen molar-refractivity contribution in [2.24, 2.45) is 5.73 Å². The van der Waals surface area contributed by atoms with Crippen LogP contribution in [0.4, 0.5) is 0 Å². The van der Waals surface area contributed by atoms with Crippen LogP contribution in [0.25, 0.3) is 0 Å². The molecule has 0 aliphatic rings. The summed E-state index contributed by atoms with van der Waals surface area (Å²) in [6.07, 6.45) is 5.25. The molecule has 0 aliphatic heterocycles. The van der Waals surface area contributed by atoms with E-state index in [-0.39, 0.29) is 12.5 Å². The minimum absolute atomic E-state index is 0.0706. The lowest BCUT2D eigenvalue weighted by atomic mass is 10.5. The zero-order valence-corrected chi connectivity index (χ0v) is 8.56. The number of carbonyl (C=O) groups is 1. The molecule has 84 valence electrons.